The van der Waals surface area contributed by atoms with Gasteiger partial charge in [0.25, 0.3) is 6.43 Å². The Morgan fingerprint density at radius 3 is 2.63 bits per heavy atom. The maximum absolute atomic E-state index is 14.2. The van der Waals surface area contributed by atoms with E-state index in [0.29, 0.717) is 54.8 Å². The van der Waals surface area contributed by atoms with Crippen molar-refractivity contribution in [1.82, 2.24) is 15.3 Å². The first kappa shape index (κ1) is 28.1. The van der Waals surface area contributed by atoms with Crippen molar-refractivity contribution in [3.63, 3.8) is 0 Å². The SMILES string of the molecule is COC(=O)N[C@H]1CC[N+]2(CC23CCC(Nc2nc(N4CCOCC4)cc(N4C(C(F)F)=NC5C=CC=CC54)n2)CC3)C1=O. The van der Waals surface area contributed by atoms with E-state index < -0.39 is 24.6 Å². The number of fused-ring (bicyclic) bond motifs is 2. The van der Waals surface area contributed by atoms with Gasteiger partial charge in [-0.05, 0) is 12.8 Å². The Labute approximate surface area is 248 Å². The number of allylic oxidation sites excluding steroid dienone is 2. The van der Waals surface area contributed by atoms with Gasteiger partial charge in [-0.25, -0.2) is 22.9 Å². The zero-order chi connectivity index (χ0) is 29.8. The fraction of sp³-hybridized carbons (Fsp3) is 0.621. The van der Waals surface area contributed by atoms with Crippen molar-refractivity contribution >= 4 is 35.4 Å². The first-order valence-corrected chi connectivity index (χ1v) is 15.1. The number of alkyl halides is 2. The van der Waals surface area contributed by atoms with Crippen LogP contribution in [0, 0.1) is 0 Å². The number of amidine groups is 1. The van der Waals surface area contributed by atoms with Crippen molar-refractivity contribution in [2.24, 2.45) is 4.99 Å². The van der Waals surface area contributed by atoms with Crippen LogP contribution < -0.4 is 20.4 Å². The number of aliphatic imine (C=N–C) groups is 1. The first-order valence-electron chi connectivity index (χ1n) is 15.1. The Balaban J connectivity index is 1.09. The quantitative estimate of drug-likeness (QED) is 0.375. The van der Waals surface area contributed by atoms with Gasteiger partial charge in [-0.1, -0.05) is 24.3 Å². The Hall–Kier alpha value is -3.65. The standard InChI is InChI=1S/C29H36F2N8O4/c1-42-28(41)34-20-8-13-39(26(20)40)17-29(39)9-6-18(7-10-29)32-27-35-22(37-11-14-43-15-12-37)16-23(36-27)38-21-5-3-2-4-19(21)33-25(38)24(30)31/h2-5,16,18-21,24H,6-15,17H2,1H3,(H-,32,34,35,36,41)/p+1/t18?,19?,20-,21?,29?,39?/m0/s1. The van der Waals surface area contributed by atoms with Gasteiger partial charge in [0, 0.05) is 44.5 Å². The number of methoxy groups -OCH3 is 1. The fourth-order valence-corrected chi connectivity index (χ4v) is 7.69. The summed E-state index contributed by atoms with van der Waals surface area (Å²) in [6, 6.07) is 0.571. The van der Waals surface area contributed by atoms with Gasteiger partial charge in [0.1, 0.15) is 18.2 Å². The molecule has 7 rings (SSSR count). The summed E-state index contributed by atoms with van der Waals surface area (Å²) < 4.78 is 39.1. The van der Waals surface area contributed by atoms with E-state index in [1.165, 1.54) is 12.0 Å². The van der Waals surface area contributed by atoms with Gasteiger partial charge in [0.15, 0.2) is 17.4 Å². The molecule has 230 valence electrons. The summed E-state index contributed by atoms with van der Waals surface area (Å²) in [7, 11) is 1.30. The number of quaternary nitrogens is 1. The number of carbonyl (C=O) groups excluding carboxylic acids is 2. The molecule has 2 amide bonds. The molecular weight excluding hydrogens is 562 g/mol. The predicted octanol–water partition coefficient (Wildman–Crippen LogP) is 2.24. The molecule has 0 bridgehead atoms. The number of morpholine rings is 1. The number of ether oxygens (including phenoxy) is 2. The van der Waals surface area contributed by atoms with Gasteiger partial charge < -0.3 is 29.9 Å². The van der Waals surface area contributed by atoms with Crippen molar-refractivity contribution in [1.29, 1.82) is 0 Å². The largest absolute Gasteiger partial charge is 0.453 e. The van der Waals surface area contributed by atoms with E-state index in [9.17, 15) is 18.4 Å². The molecule has 0 radical (unpaired) electrons. The molecule has 5 heterocycles. The smallest absolute Gasteiger partial charge is 0.407 e. The van der Waals surface area contributed by atoms with E-state index in [1.807, 2.05) is 24.3 Å². The molecule has 4 aliphatic heterocycles. The average molecular weight is 600 g/mol. The lowest BCUT2D eigenvalue weighted by atomic mass is 9.85. The first-order chi connectivity index (χ1) is 20.8. The minimum Gasteiger partial charge on any atom is -0.453 e. The molecule has 14 heteroatoms. The van der Waals surface area contributed by atoms with Crippen molar-refractivity contribution in [2.45, 2.75) is 68.2 Å². The molecule has 1 aromatic heterocycles. The average Bonchev–Trinajstić information content (AvgIpc) is 3.29. The highest BCUT2D eigenvalue weighted by molar-refractivity contribution is 6.03. The van der Waals surface area contributed by atoms with Gasteiger partial charge in [-0.3, -0.25) is 4.99 Å². The molecule has 3 unspecified atom stereocenters. The Bertz CT molecular complexity index is 1370. The summed E-state index contributed by atoms with van der Waals surface area (Å²) in [5.74, 6) is 1.23. The molecule has 6 aliphatic rings. The minimum atomic E-state index is -2.75. The second-order valence-electron chi connectivity index (χ2n) is 12.2. The van der Waals surface area contributed by atoms with E-state index in [1.54, 1.807) is 6.07 Å². The van der Waals surface area contributed by atoms with Gasteiger partial charge >= 0.3 is 12.0 Å². The van der Waals surface area contributed by atoms with Crippen LogP contribution >= 0.6 is 0 Å². The zero-order valence-corrected chi connectivity index (χ0v) is 24.1. The second kappa shape index (κ2) is 10.8. The normalized spacial score (nSPS) is 34.6. The summed E-state index contributed by atoms with van der Waals surface area (Å²) in [5, 5.41) is 6.20. The van der Waals surface area contributed by atoms with Crippen LogP contribution in [0.4, 0.5) is 31.2 Å². The summed E-state index contributed by atoms with van der Waals surface area (Å²) in [4.78, 5) is 42.6. The number of hydrogen-bond acceptors (Lipinski definition) is 10. The molecule has 3 saturated heterocycles. The van der Waals surface area contributed by atoms with Crippen LogP contribution in [-0.4, -0.2) is 115 Å². The summed E-state index contributed by atoms with van der Waals surface area (Å²) in [6.07, 6.45) is 8.09. The Morgan fingerprint density at radius 2 is 1.88 bits per heavy atom. The lowest BCUT2D eigenvalue weighted by molar-refractivity contribution is -0.744. The molecule has 0 aromatic carbocycles. The Kier molecular flexibility index (Phi) is 7.07. The molecule has 1 saturated carbocycles. The van der Waals surface area contributed by atoms with Crippen molar-refractivity contribution in [3.8, 4) is 0 Å². The number of aromatic nitrogens is 2. The van der Waals surface area contributed by atoms with E-state index in [4.69, 9.17) is 19.4 Å². The van der Waals surface area contributed by atoms with Crippen LogP contribution in [0.1, 0.15) is 32.1 Å². The summed E-state index contributed by atoms with van der Waals surface area (Å²) in [6.45, 7) is 3.95. The van der Waals surface area contributed by atoms with E-state index in [-0.39, 0.29) is 29.4 Å². The lowest BCUT2D eigenvalue weighted by Crippen LogP contribution is -2.47. The molecule has 12 nitrogen and oxygen atoms in total. The number of nitrogens with zero attached hydrogens (tertiary/aromatic N) is 6. The molecule has 4 atom stereocenters. The van der Waals surface area contributed by atoms with Gasteiger partial charge in [-0.2, -0.15) is 9.97 Å². The number of rotatable bonds is 6. The Morgan fingerprint density at radius 1 is 1.14 bits per heavy atom. The van der Waals surface area contributed by atoms with Crippen LogP contribution in [0.5, 0.6) is 0 Å². The number of halogens is 2. The highest BCUT2D eigenvalue weighted by atomic mass is 19.3. The topological polar surface area (TPSA) is 121 Å². The second-order valence-corrected chi connectivity index (χ2v) is 12.2. The number of carbonyl (C=O) groups is 2. The van der Waals surface area contributed by atoms with E-state index in [2.05, 4.69) is 20.5 Å². The third kappa shape index (κ3) is 4.84. The van der Waals surface area contributed by atoms with Gasteiger partial charge in [0.2, 0.25) is 5.95 Å². The number of hydrogen-bond donors (Lipinski definition) is 2. The number of alkyl carbamates (subject to hydrolysis) is 1. The minimum absolute atomic E-state index is 0.0767. The van der Waals surface area contributed by atoms with Crippen LogP contribution in [0.15, 0.2) is 35.4 Å². The maximum atomic E-state index is 14.2. The fourth-order valence-electron chi connectivity index (χ4n) is 7.69. The number of anilines is 3. The monoisotopic (exact) mass is 599 g/mol. The maximum Gasteiger partial charge on any atom is 0.407 e. The molecule has 2 aliphatic carbocycles. The zero-order valence-electron chi connectivity index (χ0n) is 24.1. The molecular formula is C29H37F2N8O4+. The van der Waals surface area contributed by atoms with Crippen LogP contribution in [0.25, 0.3) is 0 Å². The molecule has 2 spiro atoms. The lowest BCUT2D eigenvalue weighted by Gasteiger charge is -2.32. The van der Waals surface area contributed by atoms with Gasteiger partial charge in [0.05, 0.1) is 39.0 Å². The van der Waals surface area contributed by atoms with E-state index >= 15 is 0 Å². The van der Waals surface area contributed by atoms with E-state index in [0.717, 1.165) is 38.8 Å². The highest BCUT2D eigenvalue weighted by Gasteiger charge is 2.76. The van der Waals surface area contributed by atoms with Crippen molar-refractivity contribution < 1.29 is 32.3 Å². The van der Waals surface area contributed by atoms with Crippen molar-refractivity contribution in [2.75, 3.05) is 61.6 Å². The van der Waals surface area contributed by atoms with Crippen LogP contribution in [0.3, 0.4) is 0 Å². The van der Waals surface area contributed by atoms with Crippen LogP contribution in [-0.2, 0) is 14.3 Å². The van der Waals surface area contributed by atoms with Crippen LogP contribution in [0.2, 0.25) is 0 Å². The molecule has 2 N–H and O–H groups in total. The third-order valence-electron chi connectivity index (χ3n) is 10.00. The highest BCUT2D eigenvalue weighted by Crippen LogP contribution is 2.55. The molecule has 1 aromatic rings. The summed E-state index contributed by atoms with van der Waals surface area (Å²) in [5.41, 5.74) is -0.0858. The van der Waals surface area contributed by atoms with Crippen molar-refractivity contribution in [3.05, 3.63) is 30.4 Å². The summed E-state index contributed by atoms with van der Waals surface area (Å²) >= 11 is 0. The van der Waals surface area contributed by atoms with Gasteiger partial charge in [-0.15, -0.1) is 0 Å². The third-order valence-corrected chi connectivity index (χ3v) is 10.00. The molecule has 43 heavy (non-hydrogen) atoms. The number of amides is 2. The molecule has 4 fully saturated rings. The number of nitrogens with one attached hydrogen (secondary N) is 2. The predicted molar refractivity (Wildman–Crippen MR) is 154 cm³/mol.